The van der Waals surface area contributed by atoms with Crippen LogP contribution in [0, 0.1) is 10.1 Å². The average Bonchev–Trinajstić information content (AvgIpc) is 2.71. The molecule has 2 rings (SSSR count). The molecule has 0 saturated carbocycles. The van der Waals surface area contributed by atoms with E-state index in [0.717, 1.165) is 5.71 Å². The molecule has 88 valence electrons. The zero-order valence-electron chi connectivity index (χ0n) is 9.29. The number of non-ortho nitro benzene ring substituents is 1. The minimum Gasteiger partial charge on any atom is -0.272 e. The van der Waals surface area contributed by atoms with E-state index in [1.54, 1.807) is 12.1 Å². The standard InChI is InChI=1S/C11H11N3O3/c1-2-8-6-11(15)13(12-8)9-4-3-5-10(7-9)14(16)17/h3-5,7H,2,6H2,1H3. The summed E-state index contributed by atoms with van der Waals surface area (Å²) in [6.07, 6.45) is 0.996. The highest BCUT2D eigenvalue weighted by Crippen LogP contribution is 2.25. The van der Waals surface area contributed by atoms with Crippen molar-refractivity contribution in [1.82, 2.24) is 0 Å². The van der Waals surface area contributed by atoms with Crippen LogP contribution in [0.1, 0.15) is 19.8 Å². The Kier molecular flexibility index (Phi) is 2.86. The Balaban J connectivity index is 2.34. The molecule has 0 saturated heterocycles. The molecular formula is C11H11N3O3. The van der Waals surface area contributed by atoms with Gasteiger partial charge >= 0.3 is 0 Å². The van der Waals surface area contributed by atoms with E-state index in [1.165, 1.54) is 17.1 Å². The van der Waals surface area contributed by atoms with Crippen LogP contribution >= 0.6 is 0 Å². The molecule has 0 aromatic heterocycles. The number of carbonyl (C=O) groups is 1. The first-order valence-electron chi connectivity index (χ1n) is 5.25. The van der Waals surface area contributed by atoms with Crippen LogP contribution < -0.4 is 5.01 Å². The van der Waals surface area contributed by atoms with E-state index in [1.807, 2.05) is 6.92 Å². The maximum absolute atomic E-state index is 11.7. The van der Waals surface area contributed by atoms with Crippen molar-refractivity contribution in [2.24, 2.45) is 5.10 Å². The molecule has 0 atom stereocenters. The van der Waals surface area contributed by atoms with Crippen molar-refractivity contribution >= 4 is 23.0 Å². The predicted molar refractivity (Wildman–Crippen MR) is 62.9 cm³/mol. The van der Waals surface area contributed by atoms with E-state index in [2.05, 4.69) is 5.10 Å². The van der Waals surface area contributed by atoms with E-state index >= 15 is 0 Å². The van der Waals surface area contributed by atoms with E-state index < -0.39 is 4.92 Å². The fourth-order valence-electron chi connectivity index (χ4n) is 1.62. The van der Waals surface area contributed by atoms with Crippen LogP contribution in [0.3, 0.4) is 0 Å². The molecule has 1 heterocycles. The Morgan fingerprint density at radius 3 is 2.88 bits per heavy atom. The fourth-order valence-corrected chi connectivity index (χ4v) is 1.62. The Morgan fingerprint density at radius 1 is 1.53 bits per heavy atom. The minimum atomic E-state index is -0.492. The summed E-state index contributed by atoms with van der Waals surface area (Å²) in [7, 11) is 0. The lowest BCUT2D eigenvalue weighted by Gasteiger charge is -2.10. The van der Waals surface area contributed by atoms with Gasteiger partial charge in [-0.15, -0.1) is 0 Å². The third-order valence-corrected chi connectivity index (χ3v) is 2.53. The van der Waals surface area contributed by atoms with Crippen molar-refractivity contribution in [3.05, 3.63) is 34.4 Å². The molecule has 0 unspecified atom stereocenters. The van der Waals surface area contributed by atoms with Crippen LogP contribution in [0.5, 0.6) is 0 Å². The second-order valence-electron chi connectivity index (χ2n) is 3.68. The van der Waals surface area contributed by atoms with Crippen molar-refractivity contribution in [2.75, 3.05) is 5.01 Å². The smallest absolute Gasteiger partial charge is 0.271 e. The Hall–Kier alpha value is -2.24. The molecule has 0 N–H and O–H groups in total. The van der Waals surface area contributed by atoms with Gasteiger partial charge in [-0.05, 0) is 12.5 Å². The van der Waals surface area contributed by atoms with Gasteiger partial charge in [0.25, 0.3) is 11.6 Å². The number of hydrazone groups is 1. The van der Waals surface area contributed by atoms with Gasteiger partial charge in [0.05, 0.1) is 17.0 Å². The number of hydrogen-bond acceptors (Lipinski definition) is 4. The van der Waals surface area contributed by atoms with Gasteiger partial charge in [-0.25, -0.2) is 5.01 Å². The number of hydrogen-bond donors (Lipinski definition) is 0. The number of nitro benzene ring substituents is 1. The van der Waals surface area contributed by atoms with Gasteiger partial charge in [-0.2, -0.15) is 5.10 Å². The van der Waals surface area contributed by atoms with Gasteiger partial charge in [-0.3, -0.25) is 14.9 Å². The average molecular weight is 233 g/mol. The van der Waals surface area contributed by atoms with E-state index in [0.29, 0.717) is 18.5 Å². The summed E-state index contributed by atoms with van der Waals surface area (Å²) >= 11 is 0. The molecular weight excluding hydrogens is 222 g/mol. The molecule has 0 aliphatic carbocycles. The summed E-state index contributed by atoms with van der Waals surface area (Å²) in [6, 6.07) is 5.90. The summed E-state index contributed by atoms with van der Waals surface area (Å²) in [4.78, 5) is 21.8. The number of rotatable bonds is 3. The Bertz CT molecular complexity index is 510. The number of carbonyl (C=O) groups excluding carboxylic acids is 1. The van der Waals surface area contributed by atoms with Gasteiger partial charge in [-0.1, -0.05) is 13.0 Å². The first kappa shape index (κ1) is 11.3. The fraction of sp³-hybridized carbons (Fsp3) is 0.273. The maximum atomic E-state index is 11.7. The third-order valence-electron chi connectivity index (χ3n) is 2.53. The SMILES string of the molecule is CCC1=NN(c2cccc([N+](=O)[O-])c2)C(=O)C1. The van der Waals surface area contributed by atoms with Crippen molar-refractivity contribution in [2.45, 2.75) is 19.8 Å². The van der Waals surface area contributed by atoms with Crippen molar-refractivity contribution < 1.29 is 9.72 Å². The largest absolute Gasteiger partial charge is 0.272 e. The lowest BCUT2D eigenvalue weighted by Crippen LogP contribution is -2.19. The molecule has 0 spiro atoms. The highest BCUT2D eigenvalue weighted by Gasteiger charge is 2.25. The number of amides is 1. The lowest BCUT2D eigenvalue weighted by atomic mass is 10.2. The molecule has 0 bridgehead atoms. The summed E-state index contributed by atoms with van der Waals surface area (Å²) in [5.41, 5.74) is 1.18. The van der Waals surface area contributed by atoms with Gasteiger partial charge in [0, 0.05) is 17.8 Å². The van der Waals surface area contributed by atoms with Gasteiger partial charge < -0.3 is 0 Å². The van der Waals surface area contributed by atoms with Crippen molar-refractivity contribution in [3.8, 4) is 0 Å². The third kappa shape index (κ3) is 2.15. The van der Waals surface area contributed by atoms with Crippen LogP contribution in [0.4, 0.5) is 11.4 Å². The van der Waals surface area contributed by atoms with Crippen molar-refractivity contribution in [3.63, 3.8) is 0 Å². The zero-order valence-corrected chi connectivity index (χ0v) is 9.29. The van der Waals surface area contributed by atoms with Crippen LogP contribution in [-0.4, -0.2) is 16.5 Å². The van der Waals surface area contributed by atoms with Crippen molar-refractivity contribution in [1.29, 1.82) is 0 Å². The summed E-state index contributed by atoms with van der Waals surface area (Å²) in [5.74, 6) is -0.151. The summed E-state index contributed by atoms with van der Waals surface area (Å²) in [5, 5.41) is 16.0. The van der Waals surface area contributed by atoms with E-state index in [9.17, 15) is 14.9 Å². The first-order chi connectivity index (χ1) is 8.11. The first-order valence-corrected chi connectivity index (χ1v) is 5.25. The quantitative estimate of drug-likeness (QED) is 0.592. The van der Waals surface area contributed by atoms with E-state index in [-0.39, 0.29) is 11.6 Å². The predicted octanol–water partition coefficient (Wildman–Crippen LogP) is 2.10. The topological polar surface area (TPSA) is 75.8 Å². The normalized spacial score (nSPS) is 15.0. The molecule has 1 amide bonds. The molecule has 17 heavy (non-hydrogen) atoms. The van der Waals surface area contributed by atoms with Crippen LogP contribution in [0.25, 0.3) is 0 Å². The Labute approximate surface area is 97.7 Å². The van der Waals surface area contributed by atoms with Crippen LogP contribution in [0.15, 0.2) is 29.4 Å². The number of nitrogens with zero attached hydrogens (tertiary/aromatic N) is 3. The van der Waals surface area contributed by atoms with Gasteiger partial charge in [0.15, 0.2) is 0 Å². The van der Waals surface area contributed by atoms with E-state index in [4.69, 9.17) is 0 Å². The molecule has 1 aromatic rings. The molecule has 6 nitrogen and oxygen atoms in total. The Morgan fingerprint density at radius 2 is 2.29 bits per heavy atom. The molecule has 0 radical (unpaired) electrons. The second kappa shape index (κ2) is 4.32. The number of anilines is 1. The number of nitro groups is 1. The molecule has 1 aliphatic heterocycles. The van der Waals surface area contributed by atoms with Gasteiger partial charge in [0.2, 0.25) is 0 Å². The second-order valence-corrected chi connectivity index (χ2v) is 3.68. The summed E-state index contributed by atoms with van der Waals surface area (Å²) in [6.45, 7) is 1.92. The summed E-state index contributed by atoms with van der Waals surface area (Å²) < 4.78 is 0. The zero-order chi connectivity index (χ0) is 12.4. The highest BCUT2D eigenvalue weighted by molar-refractivity contribution is 6.12. The van der Waals surface area contributed by atoms with Crippen LogP contribution in [0.2, 0.25) is 0 Å². The van der Waals surface area contributed by atoms with Crippen LogP contribution in [-0.2, 0) is 4.79 Å². The minimum absolute atomic E-state index is 0.0459. The molecule has 6 heteroatoms. The maximum Gasteiger partial charge on any atom is 0.271 e. The molecule has 1 aliphatic rings. The molecule has 0 fully saturated rings. The highest BCUT2D eigenvalue weighted by atomic mass is 16.6. The number of benzene rings is 1. The monoisotopic (exact) mass is 233 g/mol. The lowest BCUT2D eigenvalue weighted by molar-refractivity contribution is -0.384. The van der Waals surface area contributed by atoms with Gasteiger partial charge in [0.1, 0.15) is 0 Å². The molecule has 1 aromatic carbocycles.